The quantitative estimate of drug-likeness (QED) is 0.389. The van der Waals surface area contributed by atoms with E-state index in [0.29, 0.717) is 16.0 Å². The van der Waals surface area contributed by atoms with Gasteiger partial charge < -0.3 is 30.0 Å². The third kappa shape index (κ3) is 6.85. The van der Waals surface area contributed by atoms with Gasteiger partial charge in [-0.25, -0.2) is 14.6 Å². The molecule has 0 bridgehead atoms. The topological polar surface area (TPSA) is 162 Å². The molecule has 2 heterocycles. The Balaban J connectivity index is 1.79. The van der Waals surface area contributed by atoms with E-state index in [9.17, 15) is 24.3 Å². The van der Waals surface area contributed by atoms with Crippen molar-refractivity contribution in [3.8, 4) is 0 Å². The number of ether oxygens (including phenoxy) is 3. The Bertz CT molecular complexity index is 1570. The summed E-state index contributed by atoms with van der Waals surface area (Å²) in [5.74, 6) is -1.96. The number of hydrogen-bond donors (Lipinski definition) is 2. The number of carbonyl (C=O) groups excluding carboxylic acids is 4. The molecule has 12 nitrogen and oxygen atoms in total. The van der Waals surface area contributed by atoms with Gasteiger partial charge in [0, 0.05) is 28.3 Å². The summed E-state index contributed by atoms with van der Waals surface area (Å²) in [6.45, 7) is 10.1. The van der Waals surface area contributed by atoms with Crippen LogP contribution in [0.5, 0.6) is 0 Å². The van der Waals surface area contributed by atoms with E-state index in [1.54, 1.807) is 71.9 Å². The number of rotatable bonds is 5. The maximum atomic E-state index is 13.6. The molecule has 0 spiro atoms. The number of carbonyl (C=O) groups is 4. The van der Waals surface area contributed by atoms with Crippen LogP contribution in [0.25, 0.3) is 10.8 Å². The van der Waals surface area contributed by atoms with Gasteiger partial charge in [0.15, 0.2) is 11.9 Å². The smallest absolute Gasteiger partial charge is 0.425 e. The molecule has 0 aliphatic carbocycles. The molecule has 0 radical (unpaired) electrons. The van der Waals surface area contributed by atoms with Gasteiger partial charge in [0.05, 0.1) is 6.61 Å². The number of nitrogens with two attached hydrogens (primary N) is 1. The molecule has 1 fully saturated rings. The number of pyridine rings is 1. The zero-order valence-electron chi connectivity index (χ0n) is 25.3. The van der Waals surface area contributed by atoms with Gasteiger partial charge in [0.1, 0.15) is 11.2 Å². The third-order valence-electron chi connectivity index (χ3n) is 6.53. The Hall–Kier alpha value is -4.07. The summed E-state index contributed by atoms with van der Waals surface area (Å²) < 4.78 is 17.4. The van der Waals surface area contributed by atoms with Crippen molar-refractivity contribution in [1.29, 1.82) is 0 Å². The van der Waals surface area contributed by atoms with Crippen molar-refractivity contribution in [3.05, 3.63) is 64.8 Å². The van der Waals surface area contributed by atoms with Crippen molar-refractivity contribution < 1.29 is 38.5 Å². The molecule has 1 saturated heterocycles. The average molecular weight is 672 g/mol. The summed E-state index contributed by atoms with van der Waals surface area (Å²) in [6.07, 6.45) is -2.35. The minimum absolute atomic E-state index is 0.0322. The number of fused-ring (bicyclic) bond motifs is 1. The molecule has 4 rings (SSSR count). The fraction of sp³-hybridized carbons (Fsp3) is 0.387. The van der Waals surface area contributed by atoms with Crippen LogP contribution in [0.3, 0.4) is 0 Å². The number of morpholine rings is 1. The van der Waals surface area contributed by atoms with Gasteiger partial charge in [-0.1, -0.05) is 28.1 Å². The van der Waals surface area contributed by atoms with Crippen LogP contribution in [-0.2, 0) is 29.4 Å². The van der Waals surface area contributed by atoms with Crippen molar-refractivity contribution in [2.24, 2.45) is 5.73 Å². The summed E-state index contributed by atoms with van der Waals surface area (Å²) in [5, 5.41) is 12.4. The first kappa shape index (κ1) is 32.8. The number of aromatic nitrogens is 1. The first-order valence-electron chi connectivity index (χ1n) is 13.8. The maximum Gasteiger partial charge on any atom is 0.425 e. The molecule has 2 aromatic carbocycles. The van der Waals surface area contributed by atoms with Gasteiger partial charge in [0.25, 0.3) is 11.8 Å². The van der Waals surface area contributed by atoms with Crippen LogP contribution in [-0.4, -0.2) is 64.5 Å². The molecule has 4 amide bonds. The van der Waals surface area contributed by atoms with Crippen molar-refractivity contribution in [2.75, 3.05) is 23.0 Å². The van der Waals surface area contributed by atoms with Gasteiger partial charge >= 0.3 is 12.2 Å². The minimum atomic E-state index is -2.57. The normalized spacial score (nSPS) is 17.1. The zero-order valence-corrected chi connectivity index (χ0v) is 26.9. The summed E-state index contributed by atoms with van der Waals surface area (Å²) in [5.41, 5.74) is 1.80. The summed E-state index contributed by atoms with van der Waals surface area (Å²) in [7, 11) is 0. The highest BCUT2D eigenvalue weighted by Gasteiger charge is 2.52. The first-order valence-corrected chi connectivity index (χ1v) is 14.6. The van der Waals surface area contributed by atoms with Crippen molar-refractivity contribution >= 4 is 62.2 Å². The lowest BCUT2D eigenvalue weighted by Gasteiger charge is -2.39. The van der Waals surface area contributed by atoms with Crippen molar-refractivity contribution in [2.45, 2.75) is 64.4 Å². The van der Waals surface area contributed by atoms with Gasteiger partial charge in [0.2, 0.25) is 5.60 Å². The Kier molecular flexibility index (Phi) is 9.06. The Morgan fingerprint density at radius 1 is 1.00 bits per heavy atom. The molecule has 1 aromatic heterocycles. The summed E-state index contributed by atoms with van der Waals surface area (Å²) in [4.78, 5) is 59.4. The molecule has 1 aliphatic rings. The van der Waals surface area contributed by atoms with E-state index in [4.69, 9.17) is 19.9 Å². The highest BCUT2D eigenvalue weighted by atomic mass is 79.9. The van der Waals surface area contributed by atoms with Crippen LogP contribution in [0.4, 0.5) is 21.1 Å². The number of benzene rings is 2. The SMILES string of the molecule is CC(C)(C)OC(=O)N(C(=O)OC(C)(C)C)c1nccc2cc(C(O)(C(N)=O)[C@H]3OCCN(c4ccc(Br)cc4)C3=O)ccc12. The molecule has 1 unspecified atom stereocenters. The van der Waals surface area contributed by atoms with Gasteiger partial charge in [-0.05, 0) is 88.9 Å². The number of aliphatic hydroxyl groups is 1. The Labute approximate surface area is 263 Å². The lowest BCUT2D eigenvalue weighted by Crippen LogP contribution is -2.61. The zero-order chi connectivity index (χ0) is 32.6. The highest BCUT2D eigenvalue weighted by Crippen LogP contribution is 2.36. The number of amides is 4. The fourth-order valence-corrected chi connectivity index (χ4v) is 4.89. The van der Waals surface area contributed by atoms with Crippen LogP contribution in [0, 0.1) is 0 Å². The van der Waals surface area contributed by atoms with E-state index >= 15 is 0 Å². The van der Waals surface area contributed by atoms with Crippen LogP contribution in [0.15, 0.2) is 59.2 Å². The van der Waals surface area contributed by atoms with E-state index in [-0.39, 0.29) is 29.9 Å². The number of hydrogen-bond acceptors (Lipinski definition) is 9. The second-order valence-electron chi connectivity index (χ2n) is 12.2. The molecule has 3 N–H and O–H groups in total. The summed E-state index contributed by atoms with van der Waals surface area (Å²) >= 11 is 3.36. The molecule has 0 saturated carbocycles. The van der Waals surface area contributed by atoms with E-state index in [2.05, 4.69) is 20.9 Å². The molecule has 44 heavy (non-hydrogen) atoms. The van der Waals surface area contributed by atoms with Crippen LogP contribution in [0.2, 0.25) is 0 Å². The third-order valence-corrected chi connectivity index (χ3v) is 7.06. The Morgan fingerprint density at radius 3 is 2.14 bits per heavy atom. The number of imide groups is 1. The maximum absolute atomic E-state index is 13.6. The van der Waals surface area contributed by atoms with E-state index in [1.165, 1.54) is 29.3 Å². The lowest BCUT2D eigenvalue weighted by molar-refractivity contribution is -0.171. The molecular formula is C31H35BrN4O8. The number of primary amides is 1. The van der Waals surface area contributed by atoms with Gasteiger partial charge in [-0.2, -0.15) is 4.90 Å². The van der Waals surface area contributed by atoms with Crippen LogP contribution >= 0.6 is 15.9 Å². The van der Waals surface area contributed by atoms with Crippen LogP contribution < -0.4 is 15.5 Å². The van der Waals surface area contributed by atoms with E-state index in [1.807, 2.05) is 0 Å². The van der Waals surface area contributed by atoms with Crippen molar-refractivity contribution in [3.63, 3.8) is 0 Å². The first-order chi connectivity index (χ1) is 20.4. The van der Waals surface area contributed by atoms with Crippen LogP contribution in [0.1, 0.15) is 47.1 Å². The highest BCUT2D eigenvalue weighted by molar-refractivity contribution is 9.10. The molecule has 3 aromatic rings. The molecule has 1 aliphatic heterocycles. The van der Waals surface area contributed by atoms with Gasteiger partial charge in [-0.3, -0.25) is 9.59 Å². The fourth-order valence-electron chi connectivity index (χ4n) is 4.62. The van der Waals surface area contributed by atoms with E-state index < -0.39 is 46.9 Å². The Morgan fingerprint density at radius 2 is 1.59 bits per heavy atom. The average Bonchev–Trinajstić information content (AvgIpc) is 2.91. The number of anilines is 2. The van der Waals surface area contributed by atoms with Crippen molar-refractivity contribution in [1.82, 2.24) is 4.98 Å². The monoisotopic (exact) mass is 670 g/mol. The second kappa shape index (κ2) is 12.1. The molecular weight excluding hydrogens is 636 g/mol. The number of halogens is 1. The lowest BCUT2D eigenvalue weighted by atomic mass is 9.84. The predicted octanol–water partition coefficient (Wildman–Crippen LogP) is 4.78. The standard InChI is InChI=1S/C31H35BrN4O8/c1-29(2,3)43-27(39)36(28(40)44-30(4,5)6)24-22-12-7-19(17-18(22)13-14-34-24)31(41,26(33)38)23-25(37)35(15-16-42-23)21-10-8-20(32)9-11-21/h7-14,17,23,41H,15-16H2,1-6H3,(H2,33,38)/t23-,31?/m0/s1. The number of nitrogens with zero attached hydrogens (tertiary/aromatic N) is 3. The van der Waals surface area contributed by atoms with Gasteiger partial charge in [-0.15, -0.1) is 0 Å². The second-order valence-corrected chi connectivity index (χ2v) is 13.1. The summed E-state index contributed by atoms with van der Waals surface area (Å²) in [6, 6.07) is 12.7. The minimum Gasteiger partial charge on any atom is -0.443 e. The molecule has 234 valence electrons. The van der Waals surface area contributed by atoms with E-state index in [0.717, 1.165) is 4.47 Å². The molecule has 2 atom stereocenters. The largest absolute Gasteiger partial charge is 0.443 e. The molecule has 13 heteroatoms. The predicted molar refractivity (Wildman–Crippen MR) is 166 cm³/mol.